The number of anilines is 1. The molecule has 6 rings (SSSR count). The number of carbonyl (C=O) groups is 3. The number of likely N-dealkylation sites (N-methyl/N-ethyl adjacent to an activating group) is 1. The van der Waals surface area contributed by atoms with Crippen LogP contribution in [-0.4, -0.2) is 106 Å². The molecule has 56 heavy (non-hydrogen) atoms. The molecule has 14 heteroatoms. The van der Waals surface area contributed by atoms with Crippen molar-refractivity contribution < 1.29 is 42.6 Å². The zero-order valence-electron chi connectivity index (χ0n) is 35.2. The van der Waals surface area contributed by atoms with Crippen molar-refractivity contribution in [3.8, 4) is 17.4 Å². The van der Waals surface area contributed by atoms with E-state index in [4.69, 9.17) is 23.2 Å². The van der Waals surface area contributed by atoms with Crippen LogP contribution in [0.3, 0.4) is 0 Å². The number of amides is 1. The Hall–Kier alpha value is -3.72. The second-order valence-electron chi connectivity index (χ2n) is 17.7. The summed E-state index contributed by atoms with van der Waals surface area (Å²) in [5.74, 6) is -1.63. The Labute approximate surface area is 332 Å². The van der Waals surface area contributed by atoms with E-state index in [-0.39, 0.29) is 51.1 Å². The van der Waals surface area contributed by atoms with Crippen molar-refractivity contribution in [1.82, 2.24) is 15.0 Å². The topological polar surface area (TPSA) is 153 Å². The van der Waals surface area contributed by atoms with E-state index in [0.29, 0.717) is 48.8 Å². The van der Waals surface area contributed by atoms with Gasteiger partial charge in [-0.2, -0.15) is 0 Å². The molecular formula is C42H62N4O9Si. The number of aromatic nitrogens is 1. The van der Waals surface area contributed by atoms with Crippen molar-refractivity contribution in [2.75, 3.05) is 53.3 Å². The van der Waals surface area contributed by atoms with Gasteiger partial charge in [-0.1, -0.05) is 47.5 Å². The average molecular weight is 795 g/mol. The van der Waals surface area contributed by atoms with Crippen LogP contribution < -0.4 is 19.5 Å². The molecule has 3 aliphatic carbocycles. The molecule has 1 aromatic heterocycles. The third-order valence-corrected chi connectivity index (χ3v) is 17.3. The van der Waals surface area contributed by atoms with Gasteiger partial charge in [0.25, 0.3) is 5.88 Å². The van der Waals surface area contributed by atoms with E-state index in [1.807, 2.05) is 57.9 Å². The largest absolute Gasteiger partial charge is 0.508 e. The number of hydrogen-bond donors (Lipinski definition) is 2. The Bertz CT molecular complexity index is 1880. The number of carbonyl (C=O) groups excluding carboxylic acids is 3. The van der Waals surface area contributed by atoms with E-state index >= 15 is 9.59 Å². The number of rotatable bonds is 14. The minimum Gasteiger partial charge on any atom is -0.508 e. The molecule has 1 fully saturated rings. The number of likely N-dealkylation sites (tertiary alicyclic amines) is 1. The maximum Gasteiger partial charge on any atom is 0.265 e. The zero-order valence-corrected chi connectivity index (χ0v) is 36.2. The van der Waals surface area contributed by atoms with Crippen LogP contribution in [0.2, 0.25) is 18.1 Å². The molecule has 2 N–H and O–H groups in total. The van der Waals surface area contributed by atoms with E-state index in [1.165, 1.54) is 0 Å². The average Bonchev–Trinajstić information content (AvgIpc) is 3.75. The molecule has 1 aliphatic heterocycles. The van der Waals surface area contributed by atoms with Gasteiger partial charge in [-0.3, -0.25) is 24.2 Å². The first-order valence-corrected chi connectivity index (χ1v) is 23.3. The highest BCUT2D eigenvalue weighted by molar-refractivity contribution is 6.74. The highest BCUT2D eigenvalue weighted by Gasteiger charge is 2.67. The SMILES string of the molecule is CCCCOc1noc2c1C(=O)[C@@]1(O[Si](C)(C)C(C)(C)C)C(O)=C3C(=O)c4c(c(OC)cc(NC(=O)[C@@H]5CCCN5C)c4OCCCC)C[C@H]3C[C@H]1[C@@H]2N(C)C. The van der Waals surface area contributed by atoms with Crippen LogP contribution in [0.1, 0.15) is 118 Å². The van der Waals surface area contributed by atoms with Gasteiger partial charge in [0.1, 0.15) is 17.1 Å². The number of aliphatic hydroxyl groups excluding tert-OH is 1. The van der Waals surface area contributed by atoms with E-state index in [2.05, 4.69) is 31.2 Å². The third-order valence-electron chi connectivity index (χ3n) is 12.8. The van der Waals surface area contributed by atoms with Gasteiger partial charge in [0.05, 0.1) is 43.7 Å². The number of methoxy groups -OCH3 is 1. The van der Waals surface area contributed by atoms with Gasteiger partial charge in [-0.05, 0) is 95.4 Å². The predicted octanol–water partition coefficient (Wildman–Crippen LogP) is 7.52. The summed E-state index contributed by atoms with van der Waals surface area (Å²) < 4.78 is 31.7. The van der Waals surface area contributed by atoms with Gasteiger partial charge in [0.15, 0.2) is 31.2 Å². The monoisotopic (exact) mass is 794 g/mol. The molecule has 13 nitrogen and oxygen atoms in total. The minimum absolute atomic E-state index is 0.0619. The van der Waals surface area contributed by atoms with Crippen LogP contribution in [-0.2, 0) is 15.6 Å². The number of fused-ring (bicyclic) bond motifs is 4. The molecule has 1 aromatic carbocycles. The fraction of sp³-hybridized carbons (Fsp3) is 0.667. The van der Waals surface area contributed by atoms with Gasteiger partial charge in [0, 0.05) is 23.1 Å². The van der Waals surface area contributed by atoms with Gasteiger partial charge in [-0.25, -0.2) is 0 Å². The summed E-state index contributed by atoms with van der Waals surface area (Å²) in [5.41, 5.74) is -0.501. The lowest BCUT2D eigenvalue weighted by Gasteiger charge is -2.55. The second kappa shape index (κ2) is 15.9. The maximum atomic E-state index is 15.5. The van der Waals surface area contributed by atoms with Crippen molar-refractivity contribution in [3.05, 3.63) is 39.8 Å². The Kier molecular flexibility index (Phi) is 11.9. The minimum atomic E-state index is -2.88. The number of nitrogens with zero attached hydrogens (tertiary/aromatic N) is 3. The zero-order chi connectivity index (χ0) is 40.9. The number of ketones is 2. The van der Waals surface area contributed by atoms with Gasteiger partial charge >= 0.3 is 0 Å². The number of nitrogens with one attached hydrogen (secondary N) is 1. The number of ether oxygens (including phenoxy) is 3. The first-order chi connectivity index (χ1) is 26.4. The van der Waals surface area contributed by atoms with Gasteiger partial charge in [0.2, 0.25) is 11.7 Å². The molecule has 0 saturated carbocycles. The lowest BCUT2D eigenvalue weighted by Crippen LogP contribution is -2.65. The third kappa shape index (κ3) is 6.98. The fourth-order valence-electron chi connectivity index (χ4n) is 8.77. The molecule has 0 spiro atoms. The summed E-state index contributed by atoms with van der Waals surface area (Å²) in [6.07, 6.45) is 5.47. The van der Waals surface area contributed by atoms with Crippen molar-refractivity contribution in [2.24, 2.45) is 11.8 Å². The summed E-state index contributed by atoms with van der Waals surface area (Å²) in [4.78, 5) is 48.5. The summed E-state index contributed by atoms with van der Waals surface area (Å²) in [7, 11) is 4.40. The molecule has 2 aromatic rings. The summed E-state index contributed by atoms with van der Waals surface area (Å²) in [5, 5.41) is 20.0. The summed E-state index contributed by atoms with van der Waals surface area (Å²) >= 11 is 0. The van der Waals surface area contributed by atoms with Crippen LogP contribution in [0.5, 0.6) is 17.4 Å². The Balaban J connectivity index is 1.58. The van der Waals surface area contributed by atoms with E-state index in [0.717, 1.165) is 45.1 Å². The Morgan fingerprint density at radius 3 is 2.39 bits per heavy atom. The van der Waals surface area contributed by atoms with Gasteiger partial charge in [-0.15, -0.1) is 0 Å². The lowest BCUT2D eigenvalue weighted by atomic mass is 9.58. The Morgan fingerprint density at radius 1 is 1.12 bits per heavy atom. The molecule has 5 atom stereocenters. The highest BCUT2D eigenvalue weighted by atomic mass is 28.4. The van der Waals surface area contributed by atoms with Crippen molar-refractivity contribution in [1.29, 1.82) is 0 Å². The van der Waals surface area contributed by atoms with Crippen molar-refractivity contribution in [3.63, 3.8) is 0 Å². The highest BCUT2D eigenvalue weighted by Crippen LogP contribution is 2.60. The van der Waals surface area contributed by atoms with Crippen LogP contribution in [0, 0.1) is 11.8 Å². The smallest absolute Gasteiger partial charge is 0.265 e. The number of benzene rings is 1. The number of unbranched alkanes of at least 4 members (excludes halogenated alkanes) is 2. The molecule has 4 aliphatic rings. The molecular weight excluding hydrogens is 733 g/mol. The first kappa shape index (κ1) is 41.9. The normalized spacial score (nSPS) is 25.1. The maximum absolute atomic E-state index is 15.5. The van der Waals surface area contributed by atoms with E-state index in [1.54, 1.807) is 13.2 Å². The fourth-order valence-corrected chi connectivity index (χ4v) is 10.2. The van der Waals surface area contributed by atoms with Crippen molar-refractivity contribution in [2.45, 2.75) is 122 Å². The predicted molar refractivity (Wildman–Crippen MR) is 216 cm³/mol. The molecule has 0 radical (unpaired) electrons. The molecule has 0 bridgehead atoms. The van der Waals surface area contributed by atoms with Crippen LogP contribution in [0.25, 0.3) is 0 Å². The number of hydrogen-bond acceptors (Lipinski definition) is 12. The quantitative estimate of drug-likeness (QED) is 0.144. The molecule has 1 amide bonds. The molecule has 2 heterocycles. The van der Waals surface area contributed by atoms with Crippen LogP contribution in [0.15, 0.2) is 21.9 Å². The van der Waals surface area contributed by atoms with E-state index in [9.17, 15) is 9.90 Å². The molecule has 1 saturated heterocycles. The van der Waals surface area contributed by atoms with Gasteiger partial charge < -0.3 is 33.6 Å². The standard InChI is InChI=1S/C42H62N4O9Si/c1-12-14-19-52-35-27(43-39(50)28-17-16-18-46(28)8)23-29(51-9)25-21-24-22-26-33(45(6)7)36-32(40(44-54-36)53-20-15-13-2)38(49)42(26,55-56(10,11)41(3,4)5)37(48)30(24)34(47)31(25)35/h23-24,26,28,33,48H,12-22H2,1-11H3,(H,43,50)/t24-,26-,28-,33-,42-/m0/s1. The first-order valence-electron chi connectivity index (χ1n) is 20.3. The second-order valence-corrected chi connectivity index (χ2v) is 22.5. The van der Waals surface area contributed by atoms with Crippen LogP contribution >= 0.6 is 0 Å². The summed E-state index contributed by atoms with van der Waals surface area (Å²) in [6, 6.07) is 0.871. The molecule has 308 valence electrons. The summed E-state index contributed by atoms with van der Waals surface area (Å²) in [6.45, 7) is 15.9. The van der Waals surface area contributed by atoms with Crippen LogP contribution in [0.4, 0.5) is 5.69 Å². The number of aliphatic hydroxyl groups is 1. The molecule has 0 unspecified atom stereocenters. The van der Waals surface area contributed by atoms with Crippen molar-refractivity contribution >= 4 is 31.5 Å². The van der Waals surface area contributed by atoms with E-state index < -0.39 is 43.4 Å². The Morgan fingerprint density at radius 2 is 1.80 bits per heavy atom. The lowest BCUT2D eigenvalue weighted by molar-refractivity contribution is -0.119. The number of allylic oxidation sites excluding steroid dienone is 1. The number of Topliss-reactive ketones (excluding diaryl/α,β-unsaturated/α-hetero) is 2.